The summed E-state index contributed by atoms with van der Waals surface area (Å²) in [7, 11) is 2.00. The average Bonchev–Trinajstić information content (AvgIpc) is 2.85. The molecule has 1 aromatic rings. The van der Waals surface area contributed by atoms with Crippen LogP contribution in [-0.2, 0) is 24.6 Å². The standard InChI is InChI=1S/C15H29N5O/c1-5-12-10-13(19(4)18-12)11-14(17-16)15(2,3)20-6-8-21-9-7-20/h10,14,17H,5-9,11,16H2,1-4H3. The first-order chi connectivity index (χ1) is 9.98. The molecule has 3 N–H and O–H groups in total. The fourth-order valence-corrected chi connectivity index (χ4v) is 3.02. The molecule has 1 saturated heterocycles. The number of nitrogens with one attached hydrogen (secondary N) is 1. The fraction of sp³-hybridized carbons (Fsp3) is 0.800. The van der Waals surface area contributed by atoms with Crippen LogP contribution in [0.1, 0.15) is 32.2 Å². The molecule has 0 saturated carbocycles. The predicted octanol–water partition coefficient (Wildman–Crippen LogP) is 0.468. The molecule has 0 aliphatic carbocycles. The van der Waals surface area contributed by atoms with Gasteiger partial charge in [-0.3, -0.25) is 20.9 Å². The van der Waals surface area contributed by atoms with E-state index in [1.165, 1.54) is 5.69 Å². The minimum Gasteiger partial charge on any atom is -0.379 e. The second-order valence-electron chi connectivity index (χ2n) is 6.28. The molecule has 1 atom stereocenters. The normalized spacial score (nSPS) is 18.9. The molecule has 2 rings (SSSR count). The Balaban J connectivity index is 2.11. The van der Waals surface area contributed by atoms with Gasteiger partial charge < -0.3 is 4.74 Å². The minimum absolute atomic E-state index is 0.0326. The number of aryl methyl sites for hydroxylation is 2. The number of hydrazine groups is 1. The van der Waals surface area contributed by atoms with E-state index < -0.39 is 0 Å². The van der Waals surface area contributed by atoms with Crippen molar-refractivity contribution in [2.75, 3.05) is 26.3 Å². The number of morpholine rings is 1. The molecule has 0 bridgehead atoms. The quantitative estimate of drug-likeness (QED) is 0.590. The number of hydrogen-bond acceptors (Lipinski definition) is 5. The minimum atomic E-state index is -0.0326. The maximum atomic E-state index is 5.87. The molecule has 1 aliphatic heterocycles. The zero-order valence-corrected chi connectivity index (χ0v) is 13.7. The van der Waals surface area contributed by atoms with Gasteiger partial charge in [0.1, 0.15) is 0 Å². The van der Waals surface area contributed by atoms with Gasteiger partial charge in [0, 0.05) is 43.8 Å². The molecule has 120 valence electrons. The summed E-state index contributed by atoms with van der Waals surface area (Å²) in [5.41, 5.74) is 5.34. The average molecular weight is 295 g/mol. The smallest absolute Gasteiger partial charge is 0.0624 e. The molecule has 6 nitrogen and oxygen atoms in total. The number of hydrogen-bond donors (Lipinski definition) is 2. The molecule has 1 aromatic heterocycles. The van der Waals surface area contributed by atoms with Gasteiger partial charge in [0.05, 0.1) is 18.9 Å². The summed E-state index contributed by atoms with van der Waals surface area (Å²) >= 11 is 0. The lowest BCUT2D eigenvalue weighted by Gasteiger charge is -2.45. The van der Waals surface area contributed by atoms with E-state index in [9.17, 15) is 0 Å². The molecule has 1 aliphatic rings. The van der Waals surface area contributed by atoms with Crippen molar-refractivity contribution in [1.29, 1.82) is 0 Å². The van der Waals surface area contributed by atoms with Gasteiger partial charge in [0.15, 0.2) is 0 Å². The highest BCUT2D eigenvalue weighted by molar-refractivity contribution is 5.13. The van der Waals surface area contributed by atoms with Crippen LogP contribution in [0.25, 0.3) is 0 Å². The highest BCUT2D eigenvalue weighted by Crippen LogP contribution is 2.23. The summed E-state index contributed by atoms with van der Waals surface area (Å²) in [6.45, 7) is 10.1. The number of ether oxygens (including phenoxy) is 1. The van der Waals surface area contributed by atoms with Gasteiger partial charge in [0.2, 0.25) is 0 Å². The Labute approximate surface area is 127 Å². The van der Waals surface area contributed by atoms with Crippen LogP contribution < -0.4 is 11.3 Å². The van der Waals surface area contributed by atoms with E-state index in [1.54, 1.807) is 0 Å². The monoisotopic (exact) mass is 295 g/mol. The molecule has 1 fully saturated rings. The van der Waals surface area contributed by atoms with E-state index in [0.29, 0.717) is 0 Å². The number of nitrogens with two attached hydrogens (primary N) is 1. The summed E-state index contributed by atoms with van der Waals surface area (Å²) in [5.74, 6) is 5.87. The van der Waals surface area contributed by atoms with Gasteiger partial charge in [-0.2, -0.15) is 5.10 Å². The van der Waals surface area contributed by atoms with Gasteiger partial charge in [-0.05, 0) is 26.3 Å². The van der Waals surface area contributed by atoms with E-state index in [-0.39, 0.29) is 11.6 Å². The van der Waals surface area contributed by atoms with E-state index >= 15 is 0 Å². The van der Waals surface area contributed by atoms with Crippen molar-refractivity contribution in [2.45, 2.75) is 45.2 Å². The van der Waals surface area contributed by atoms with Crippen molar-refractivity contribution >= 4 is 0 Å². The van der Waals surface area contributed by atoms with Crippen LogP contribution in [0.2, 0.25) is 0 Å². The van der Waals surface area contributed by atoms with E-state index in [2.05, 4.69) is 42.3 Å². The first-order valence-corrected chi connectivity index (χ1v) is 7.79. The van der Waals surface area contributed by atoms with Crippen LogP contribution in [0, 0.1) is 0 Å². The Morgan fingerprint density at radius 3 is 2.62 bits per heavy atom. The second kappa shape index (κ2) is 6.87. The molecule has 0 amide bonds. The van der Waals surface area contributed by atoms with Crippen molar-refractivity contribution in [3.63, 3.8) is 0 Å². The third kappa shape index (κ3) is 3.63. The Morgan fingerprint density at radius 1 is 1.43 bits per heavy atom. The predicted molar refractivity (Wildman–Crippen MR) is 83.9 cm³/mol. The van der Waals surface area contributed by atoms with Gasteiger partial charge in [0.25, 0.3) is 0 Å². The van der Waals surface area contributed by atoms with Crippen molar-refractivity contribution < 1.29 is 4.74 Å². The van der Waals surface area contributed by atoms with Crippen LogP contribution in [0.5, 0.6) is 0 Å². The molecular formula is C15H29N5O. The molecule has 2 heterocycles. The van der Waals surface area contributed by atoms with Crippen LogP contribution in [0.15, 0.2) is 6.07 Å². The van der Waals surface area contributed by atoms with Gasteiger partial charge in [-0.15, -0.1) is 0 Å². The van der Waals surface area contributed by atoms with Crippen LogP contribution in [0.4, 0.5) is 0 Å². The van der Waals surface area contributed by atoms with Crippen molar-refractivity contribution in [1.82, 2.24) is 20.1 Å². The molecule has 21 heavy (non-hydrogen) atoms. The summed E-state index contributed by atoms with van der Waals surface area (Å²) in [4.78, 5) is 2.46. The summed E-state index contributed by atoms with van der Waals surface area (Å²) in [5, 5.41) is 4.53. The van der Waals surface area contributed by atoms with Gasteiger partial charge in [-0.25, -0.2) is 0 Å². The largest absolute Gasteiger partial charge is 0.379 e. The van der Waals surface area contributed by atoms with Gasteiger partial charge in [-0.1, -0.05) is 6.92 Å². The van der Waals surface area contributed by atoms with Crippen molar-refractivity contribution in [3.8, 4) is 0 Å². The van der Waals surface area contributed by atoms with Crippen molar-refractivity contribution in [2.24, 2.45) is 12.9 Å². The maximum Gasteiger partial charge on any atom is 0.0624 e. The summed E-state index contributed by atoms with van der Waals surface area (Å²) < 4.78 is 7.43. The maximum absolute atomic E-state index is 5.87. The molecule has 6 heteroatoms. The van der Waals surface area contributed by atoms with Crippen LogP contribution >= 0.6 is 0 Å². The molecule has 0 spiro atoms. The number of aromatic nitrogens is 2. The zero-order valence-electron chi connectivity index (χ0n) is 13.7. The molecule has 0 aromatic carbocycles. The zero-order chi connectivity index (χ0) is 15.5. The highest BCUT2D eigenvalue weighted by atomic mass is 16.5. The van der Waals surface area contributed by atoms with E-state index in [0.717, 1.165) is 44.8 Å². The Bertz CT molecular complexity index is 451. The molecular weight excluding hydrogens is 266 g/mol. The Kier molecular flexibility index (Phi) is 5.37. The van der Waals surface area contributed by atoms with E-state index in [1.807, 2.05) is 11.7 Å². The highest BCUT2D eigenvalue weighted by Gasteiger charge is 2.36. The lowest BCUT2D eigenvalue weighted by Crippen LogP contribution is -2.62. The SMILES string of the molecule is CCc1cc(CC(NN)C(C)(C)N2CCOCC2)n(C)n1. The van der Waals surface area contributed by atoms with Crippen LogP contribution in [-0.4, -0.2) is 52.6 Å². The fourth-order valence-electron chi connectivity index (χ4n) is 3.02. The van der Waals surface area contributed by atoms with Gasteiger partial charge >= 0.3 is 0 Å². The molecule has 1 unspecified atom stereocenters. The third-order valence-electron chi connectivity index (χ3n) is 4.68. The Hall–Kier alpha value is -0.950. The molecule has 0 radical (unpaired) electrons. The third-order valence-corrected chi connectivity index (χ3v) is 4.68. The topological polar surface area (TPSA) is 68.3 Å². The summed E-state index contributed by atoms with van der Waals surface area (Å²) in [6.07, 6.45) is 1.83. The lowest BCUT2D eigenvalue weighted by molar-refractivity contribution is -0.0234. The summed E-state index contributed by atoms with van der Waals surface area (Å²) in [6, 6.07) is 2.34. The number of rotatable bonds is 6. The Morgan fingerprint density at radius 2 is 2.10 bits per heavy atom. The lowest BCUT2D eigenvalue weighted by atomic mass is 9.88. The van der Waals surface area contributed by atoms with Crippen molar-refractivity contribution in [3.05, 3.63) is 17.5 Å². The van der Waals surface area contributed by atoms with Crippen LogP contribution in [0.3, 0.4) is 0 Å². The van der Waals surface area contributed by atoms with E-state index in [4.69, 9.17) is 10.6 Å². The first-order valence-electron chi connectivity index (χ1n) is 7.79. The second-order valence-corrected chi connectivity index (χ2v) is 6.28. The first kappa shape index (κ1) is 16.4. The number of nitrogens with zero attached hydrogens (tertiary/aromatic N) is 3.